The number of rotatable bonds is 5. The van der Waals surface area contributed by atoms with Crippen LogP contribution in [0, 0.1) is 0 Å². The average Bonchev–Trinajstić information content (AvgIpc) is 3.71. The average molecular weight is 553 g/mol. The van der Waals surface area contributed by atoms with Crippen LogP contribution in [-0.2, 0) is 4.79 Å². The summed E-state index contributed by atoms with van der Waals surface area (Å²) in [6.07, 6.45) is 9.09. The monoisotopic (exact) mass is 552 g/mol. The summed E-state index contributed by atoms with van der Waals surface area (Å²) in [5.74, 6) is 0.498. The lowest BCUT2D eigenvalue weighted by Crippen LogP contribution is -2.55. The number of nitrogens with zero attached hydrogens (tertiary/aromatic N) is 7. The van der Waals surface area contributed by atoms with Crippen LogP contribution in [0.4, 0.5) is 5.82 Å². The molecular formula is C28H28N10O3. The van der Waals surface area contributed by atoms with Crippen molar-refractivity contribution in [2.75, 3.05) is 5.73 Å². The molecule has 3 aliphatic heterocycles. The fraction of sp³-hybridized carbons (Fsp3) is 0.321. The van der Waals surface area contributed by atoms with Crippen molar-refractivity contribution < 1.29 is 9.59 Å². The Balaban J connectivity index is 1.25. The topological polar surface area (TPSA) is 165 Å². The van der Waals surface area contributed by atoms with Gasteiger partial charge in [-0.3, -0.25) is 24.4 Å². The third-order valence-corrected chi connectivity index (χ3v) is 8.32. The number of fused-ring (bicyclic) bond motifs is 3. The molecule has 4 N–H and O–H groups in total. The van der Waals surface area contributed by atoms with Crippen LogP contribution in [0.3, 0.4) is 0 Å². The zero-order valence-corrected chi connectivity index (χ0v) is 22.3. The number of Topliss-reactive ketones (excluding diaryl/α,β-unsaturated/α-hetero) is 1. The number of aromatic nitrogens is 5. The van der Waals surface area contributed by atoms with Crippen molar-refractivity contribution in [2.24, 2.45) is 5.10 Å². The molecule has 2 fully saturated rings. The molecule has 208 valence electrons. The minimum atomic E-state index is -0.553. The fourth-order valence-electron chi connectivity index (χ4n) is 6.49. The first-order chi connectivity index (χ1) is 19.9. The Morgan fingerprint density at radius 2 is 1.88 bits per heavy atom. The van der Waals surface area contributed by atoms with Crippen molar-refractivity contribution in [3.05, 3.63) is 70.5 Å². The van der Waals surface area contributed by atoms with Crippen LogP contribution in [0.1, 0.15) is 54.6 Å². The highest BCUT2D eigenvalue weighted by Gasteiger charge is 2.46. The lowest BCUT2D eigenvalue weighted by molar-refractivity contribution is -0.138. The molecule has 13 heteroatoms. The molecule has 0 aromatic carbocycles. The molecule has 41 heavy (non-hydrogen) atoms. The predicted molar refractivity (Wildman–Crippen MR) is 150 cm³/mol. The van der Waals surface area contributed by atoms with Crippen LogP contribution in [-0.4, -0.2) is 65.3 Å². The van der Waals surface area contributed by atoms with Gasteiger partial charge in [-0.05, 0) is 50.8 Å². The highest BCUT2D eigenvalue weighted by atomic mass is 16.2. The Kier molecular flexibility index (Phi) is 5.80. The van der Waals surface area contributed by atoms with E-state index in [4.69, 9.17) is 10.7 Å². The Morgan fingerprint density at radius 3 is 2.54 bits per heavy atom. The SMILES string of the molecule is CC(=O)c1c([C@@H]2CC3CC[C@@H](C2)N3C(=O)C2NC=NN2)nc2c(-c3ccc(-n4ccccc4=O)nc3)cnn2c1N. The second kappa shape index (κ2) is 9.54. The zero-order valence-electron chi connectivity index (χ0n) is 22.3. The summed E-state index contributed by atoms with van der Waals surface area (Å²) in [5, 5.41) is 11.3. The van der Waals surface area contributed by atoms with Crippen molar-refractivity contribution >= 4 is 29.5 Å². The van der Waals surface area contributed by atoms with Gasteiger partial charge in [0.1, 0.15) is 18.0 Å². The van der Waals surface area contributed by atoms with Gasteiger partial charge in [-0.1, -0.05) is 6.07 Å². The van der Waals surface area contributed by atoms with Gasteiger partial charge in [0.05, 0.1) is 17.5 Å². The number of hydrogen-bond acceptors (Lipinski definition) is 10. The molecule has 7 heterocycles. The number of ketones is 1. The summed E-state index contributed by atoms with van der Waals surface area (Å²) in [4.78, 5) is 49.8. The smallest absolute Gasteiger partial charge is 0.267 e. The Labute approximate surface area is 234 Å². The van der Waals surface area contributed by atoms with Crippen LogP contribution < -0.4 is 22.0 Å². The van der Waals surface area contributed by atoms with Crippen LogP contribution in [0.15, 0.2) is 58.8 Å². The largest absolute Gasteiger partial charge is 0.383 e. The van der Waals surface area contributed by atoms with E-state index in [1.54, 1.807) is 36.8 Å². The first-order valence-corrected chi connectivity index (χ1v) is 13.6. The Bertz CT molecular complexity index is 1750. The highest BCUT2D eigenvalue weighted by Crippen LogP contribution is 2.44. The number of nitrogens with one attached hydrogen (secondary N) is 2. The molecular weight excluding hydrogens is 524 g/mol. The highest BCUT2D eigenvalue weighted by molar-refractivity contribution is 6.00. The van der Waals surface area contributed by atoms with E-state index in [2.05, 4.69) is 25.9 Å². The maximum atomic E-state index is 13.2. The Hall–Kier alpha value is -5.07. The lowest BCUT2D eigenvalue weighted by Gasteiger charge is -2.40. The standard InChI is InChI=1S/C28H28N10O3/c1-15(39)23-24(17-10-18-6-7-19(11-17)37(18)28(41)26-31-14-32-35-26)34-27-20(13-33-38(27)25(23)29)16-5-8-21(30-12-16)36-9-3-2-4-22(36)40/h2-5,8-9,12-14,17-19,26,35H,6-7,10-11,29H2,1H3,(H,31,32)/t17-,18-,19?,26?/m0/s1. The van der Waals surface area contributed by atoms with Gasteiger partial charge < -0.3 is 16.0 Å². The van der Waals surface area contributed by atoms with Crippen molar-refractivity contribution in [3.8, 4) is 16.9 Å². The van der Waals surface area contributed by atoms with Gasteiger partial charge in [0, 0.05) is 47.6 Å². The van der Waals surface area contributed by atoms with Gasteiger partial charge in [-0.15, -0.1) is 0 Å². The van der Waals surface area contributed by atoms with Crippen molar-refractivity contribution in [3.63, 3.8) is 0 Å². The molecule has 2 bridgehead atoms. The van der Waals surface area contributed by atoms with E-state index in [9.17, 15) is 14.4 Å². The zero-order chi connectivity index (χ0) is 28.2. The summed E-state index contributed by atoms with van der Waals surface area (Å²) in [5.41, 5.74) is 12.2. The van der Waals surface area contributed by atoms with E-state index in [-0.39, 0.29) is 41.1 Å². The minimum absolute atomic E-state index is 0.0186. The molecule has 0 saturated carbocycles. The molecule has 0 aliphatic carbocycles. The van der Waals surface area contributed by atoms with E-state index < -0.39 is 6.17 Å². The quantitative estimate of drug-likeness (QED) is 0.311. The minimum Gasteiger partial charge on any atom is -0.383 e. The van der Waals surface area contributed by atoms with Crippen LogP contribution in [0.2, 0.25) is 0 Å². The van der Waals surface area contributed by atoms with Crippen molar-refractivity contribution in [2.45, 2.75) is 56.8 Å². The number of carbonyl (C=O) groups excluding carboxylic acids is 2. The molecule has 0 spiro atoms. The summed E-state index contributed by atoms with van der Waals surface area (Å²) in [6.45, 7) is 1.49. The van der Waals surface area contributed by atoms with Crippen LogP contribution in [0.25, 0.3) is 22.6 Å². The second-order valence-corrected chi connectivity index (χ2v) is 10.7. The van der Waals surface area contributed by atoms with Crippen molar-refractivity contribution in [1.29, 1.82) is 0 Å². The summed E-state index contributed by atoms with van der Waals surface area (Å²) in [7, 11) is 0. The number of piperidine rings is 1. The first-order valence-electron chi connectivity index (χ1n) is 13.6. The molecule has 4 aromatic heterocycles. The van der Waals surface area contributed by atoms with E-state index in [1.165, 1.54) is 28.4 Å². The predicted octanol–water partition coefficient (Wildman–Crippen LogP) is 1.43. The number of amides is 1. The second-order valence-electron chi connectivity index (χ2n) is 10.7. The normalized spacial score (nSPS) is 23.0. The lowest BCUT2D eigenvalue weighted by atomic mass is 9.85. The summed E-state index contributed by atoms with van der Waals surface area (Å²) >= 11 is 0. The molecule has 1 amide bonds. The van der Waals surface area contributed by atoms with Gasteiger partial charge in [-0.2, -0.15) is 14.7 Å². The third-order valence-electron chi connectivity index (χ3n) is 8.32. The number of hydrazone groups is 1. The maximum absolute atomic E-state index is 13.2. The molecule has 3 aliphatic rings. The maximum Gasteiger partial charge on any atom is 0.267 e. The first kappa shape index (κ1) is 24.9. The molecule has 4 atom stereocenters. The van der Waals surface area contributed by atoms with E-state index in [0.29, 0.717) is 41.1 Å². The van der Waals surface area contributed by atoms with E-state index in [1.807, 2.05) is 11.0 Å². The summed E-state index contributed by atoms with van der Waals surface area (Å²) in [6, 6.07) is 8.62. The van der Waals surface area contributed by atoms with Crippen LogP contribution in [0.5, 0.6) is 0 Å². The Morgan fingerprint density at radius 1 is 1.07 bits per heavy atom. The summed E-state index contributed by atoms with van der Waals surface area (Å²) < 4.78 is 2.96. The molecule has 2 saturated heterocycles. The van der Waals surface area contributed by atoms with Gasteiger partial charge >= 0.3 is 0 Å². The number of nitrogens with two attached hydrogens (primary N) is 1. The molecule has 2 unspecified atom stereocenters. The molecule has 4 aromatic rings. The van der Waals surface area contributed by atoms with Gasteiger partial charge in [0.25, 0.3) is 11.5 Å². The fourth-order valence-corrected chi connectivity index (χ4v) is 6.49. The third kappa shape index (κ3) is 4.03. The van der Waals surface area contributed by atoms with E-state index in [0.717, 1.165) is 18.4 Å². The van der Waals surface area contributed by atoms with Gasteiger partial charge in [0.2, 0.25) is 0 Å². The van der Waals surface area contributed by atoms with Crippen LogP contribution >= 0.6 is 0 Å². The van der Waals surface area contributed by atoms with Crippen molar-refractivity contribution in [1.82, 2.24) is 39.8 Å². The number of pyridine rings is 2. The molecule has 7 rings (SSSR count). The number of anilines is 1. The van der Waals surface area contributed by atoms with Gasteiger partial charge in [0.15, 0.2) is 17.6 Å². The number of hydrogen-bond donors (Lipinski definition) is 3. The van der Waals surface area contributed by atoms with Gasteiger partial charge in [-0.25, -0.2) is 9.97 Å². The van der Waals surface area contributed by atoms with E-state index >= 15 is 0 Å². The molecule has 0 radical (unpaired) electrons. The number of carbonyl (C=O) groups is 2. The molecule has 13 nitrogen and oxygen atoms in total. The number of nitrogen functional groups attached to an aromatic ring is 1.